The van der Waals surface area contributed by atoms with Crippen LogP contribution in [0.2, 0.25) is 13.1 Å². The zero-order valence-corrected chi connectivity index (χ0v) is 12.3. The van der Waals surface area contributed by atoms with Crippen LogP contribution in [0.4, 0.5) is 0 Å². The number of rotatable bonds is 0. The molecule has 0 nitrogen and oxygen atoms in total. The average molecular weight is 260 g/mol. The van der Waals surface area contributed by atoms with Gasteiger partial charge in [-0.25, -0.2) is 0 Å². The van der Waals surface area contributed by atoms with E-state index in [0.29, 0.717) is 0 Å². The van der Waals surface area contributed by atoms with Gasteiger partial charge in [0, 0.05) is 0 Å². The van der Waals surface area contributed by atoms with Gasteiger partial charge in [0.05, 0.1) is 0 Å². The van der Waals surface area contributed by atoms with Crippen LogP contribution in [-0.2, 0) is 0 Å². The first-order chi connectivity index (χ1) is 9.19. The van der Waals surface area contributed by atoms with Crippen molar-refractivity contribution in [3.63, 3.8) is 0 Å². The van der Waals surface area contributed by atoms with Gasteiger partial charge in [0.1, 0.15) is 8.07 Å². The molecule has 1 heteroatoms. The average Bonchev–Trinajstić information content (AvgIpc) is 2.45. The molecule has 0 saturated heterocycles. The van der Waals surface area contributed by atoms with Gasteiger partial charge in [-0.1, -0.05) is 73.8 Å². The first kappa shape index (κ1) is 11.0. The molecule has 0 unspecified atom stereocenters. The summed E-state index contributed by atoms with van der Waals surface area (Å²) in [7, 11) is -1.56. The number of fused-ring (bicyclic) bond motifs is 2. The van der Waals surface area contributed by atoms with Gasteiger partial charge in [-0.3, -0.25) is 0 Å². The summed E-state index contributed by atoms with van der Waals surface area (Å²) in [6, 6.07) is 22.4. The third-order valence-corrected chi connectivity index (χ3v) is 8.01. The van der Waals surface area contributed by atoms with Crippen molar-refractivity contribution in [3.8, 4) is 11.1 Å². The molecule has 0 aliphatic carbocycles. The molecule has 0 saturated carbocycles. The molecule has 0 fully saturated rings. The van der Waals surface area contributed by atoms with E-state index >= 15 is 0 Å². The number of hydrogen-bond acceptors (Lipinski definition) is 0. The lowest BCUT2D eigenvalue weighted by Gasteiger charge is -2.33. The van der Waals surface area contributed by atoms with E-state index in [1.165, 1.54) is 21.9 Å². The normalized spacial score (nSPS) is 15.3. The molecule has 1 aliphatic heterocycles. The summed E-state index contributed by atoms with van der Waals surface area (Å²) in [4.78, 5) is 0. The highest BCUT2D eigenvalue weighted by Gasteiger charge is 2.34. The lowest BCUT2D eigenvalue weighted by molar-refractivity contribution is 1.63. The van der Waals surface area contributed by atoms with Crippen molar-refractivity contribution in [1.82, 2.24) is 0 Å². The van der Waals surface area contributed by atoms with Gasteiger partial charge < -0.3 is 0 Å². The summed E-state index contributed by atoms with van der Waals surface area (Å²) in [6.45, 7) is 4.94. The third kappa shape index (κ3) is 1.34. The topological polar surface area (TPSA) is 0 Å². The van der Waals surface area contributed by atoms with E-state index in [1.54, 1.807) is 10.4 Å². The quantitative estimate of drug-likeness (QED) is 0.541. The van der Waals surface area contributed by atoms with Crippen LogP contribution in [0.3, 0.4) is 0 Å². The number of benzene rings is 3. The molecule has 3 aromatic rings. The Kier molecular flexibility index (Phi) is 2.07. The lowest BCUT2D eigenvalue weighted by Crippen LogP contribution is -2.55. The molecule has 1 heterocycles. The fraction of sp³-hybridized carbons (Fsp3) is 0.111. The number of hydrogen-bond donors (Lipinski definition) is 0. The van der Waals surface area contributed by atoms with Crippen LogP contribution in [0.15, 0.2) is 60.7 Å². The highest BCUT2D eigenvalue weighted by Crippen LogP contribution is 2.32. The summed E-state index contributed by atoms with van der Waals surface area (Å²) in [5.41, 5.74) is 2.86. The predicted molar refractivity (Wildman–Crippen MR) is 86.1 cm³/mol. The minimum Gasteiger partial charge on any atom is -0.0623 e. The van der Waals surface area contributed by atoms with Crippen LogP contribution >= 0.6 is 0 Å². The Morgan fingerprint density at radius 3 is 2.11 bits per heavy atom. The molecule has 0 N–H and O–H groups in total. The molecule has 3 aromatic carbocycles. The second-order valence-corrected chi connectivity index (χ2v) is 10.2. The van der Waals surface area contributed by atoms with Gasteiger partial charge in [0.25, 0.3) is 0 Å². The Hall–Kier alpha value is -1.86. The maximum Gasteiger partial charge on any atom is 0.113 e. The van der Waals surface area contributed by atoms with Crippen LogP contribution in [0.25, 0.3) is 21.9 Å². The maximum atomic E-state index is 2.47. The molecule has 92 valence electrons. The monoisotopic (exact) mass is 260 g/mol. The van der Waals surface area contributed by atoms with Crippen LogP contribution in [0.1, 0.15) is 0 Å². The standard InChI is InChI=1S/C18H16Si/c1-19(2)16-11-4-3-9-14(16)15-10-5-7-13-8-6-12-17(19)18(13)15/h3-12H,1-2H3. The Balaban J connectivity index is 2.28. The first-order valence-electron chi connectivity index (χ1n) is 6.82. The maximum absolute atomic E-state index is 2.47. The zero-order chi connectivity index (χ0) is 13.0. The molecule has 0 radical (unpaired) electrons. The van der Waals surface area contributed by atoms with Gasteiger partial charge in [-0.15, -0.1) is 0 Å². The summed E-state index contributed by atoms with van der Waals surface area (Å²) >= 11 is 0. The van der Waals surface area contributed by atoms with E-state index in [9.17, 15) is 0 Å². The largest absolute Gasteiger partial charge is 0.113 e. The summed E-state index contributed by atoms with van der Waals surface area (Å²) in [6.07, 6.45) is 0. The van der Waals surface area contributed by atoms with E-state index in [-0.39, 0.29) is 0 Å². The molecule has 0 spiro atoms. The fourth-order valence-electron chi connectivity index (χ4n) is 3.49. The molecule has 4 rings (SSSR count). The Labute approximate surface area is 114 Å². The van der Waals surface area contributed by atoms with Crippen LogP contribution < -0.4 is 10.4 Å². The first-order valence-corrected chi connectivity index (χ1v) is 9.82. The molecule has 19 heavy (non-hydrogen) atoms. The predicted octanol–water partition coefficient (Wildman–Crippen LogP) is 3.64. The van der Waals surface area contributed by atoms with Crippen LogP contribution in [0.5, 0.6) is 0 Å². The van der Waals surface area contributed by atoms with E-state index in [1.807, 2.05) is 0 Å². The van der Waals surface area contributed by atoms with E-state index in [0.717, 1.165) is 0 Å². The summed E-state index contributed by atoms with van der Waals surface area (Å²) < 4.78 is 0. The van der Waals surface area contributed by atoms with Crippen molar-refractivity contribution in [2.75, 3.05) is 0 Å². The van der Waals surface area contributed by atoms with Crippen molar-refractivity contribution in [1.29, 1.82) is 0 Å². The smallest absolute Gasteiger partial charge is 0.0623 e. The third-order valence-electron chi connectivity index (χ3n) is 4.47. The van der Waals surface area contributed by atoms with Crippen molar-refractivity contribution < 1.29 is 0 Å². The Morgan fingerprint density at radius 2 is 1.26 bits per heavy atom. The van der Waals surface area contributed by atoms with Crippen molar-refractivity contribution in [2.24, 2.45) is 0 Å². The molecule has 0 atom stereocenters. The van der Waals surface area contributed by atoms with Crippen molar-refractivity contribution in [2.45, 2.75) is 13.1 Å². The van der Waals surface area contributed by atoms with E-state index in [2.05, 4.69) is 73.8 Å². The Morgan fingerprint density at radius 1 is 0.632 bits per heavy atom. The molecular formula is C18H16Si. The highest BCUT2D eigenvalue weighted by molar-refractivity contribution is 7.03. The van der Waals surface area contributed by atoms with Gasteiger partial charge in [-0.2, -0.15) is 0 Å². The van der Waals surface area contributed by atoms with E-state index < -0.39 is 8.07 Å². The van der Waals surface area contributed by atoms with E-state index in [4.69, 9.17) is 0 Å². The second-order valence-electron chi connectivity index (χ2n) is 5.88. The molecule has 0 amide bonds. The van der Waals surface area contributed by atoms with Gasteiger partial charge >= 0.3 is 0 Å². The second kappa shape index (κ2) is 3.58. The highest BCUT2D eigenvalue weighted by atomic mass is 28.3. The molecule has 1 aliphatic rings. The molecular weight excluding hydrogens is 244 g/mol. The van der Waals surface area contributed by atoms with Gasteiger partial charge in [0.15, 0.2) is 0 Å². The Bertz CT molecular complexity index is 794. The minimum atomic E-state index is -1.56. The van der Waals surface area contributed by atoms with Gasteiger partial charge in [0.2, 0.25) is 0 Å². The summed E-state index contributed by atoms with van der Waals surface area (Å²) in [5.74, 6) is 0. The zero-order valence-electron chi connectivity index (χ0n) is 11.3. The molecule has 0 aromatic heterocycles. The summed E-state index contributed by atoms with van der Waals surface area (Å²) in [5, 5.41) is 6.02. The van der Waals surface area contributed by atoms with Crippen molar-refractivity contribution >= 4 is 29.2 Å². The van der Waals surface area contributed by atoms with Crippen molar-refractivity contribution in [3.05, 3.63) is 60.7 Å². The van der Waals surface area contributed by atoms with Crippen LogP contribution in [-0.4, -0.2) is 8.07 Å². The molecule has 0 bridgehead atoms. The minimum absolute atomic E-state index is 1.38. The SMILES string of the molecule is C[Si]1(C)c2ccccc2-c2cccc3cccc1c23. The lowest BCUT2D eigenvalue weighted by atomic mass is 9.97. The van der Waals surface area contributed by atoms with Crippen LogP contribution in [0, 0.1) is 0 Å². The van der Waals surface area contributed by atoms with Gasteiger partial charge in [-0.05, 0) is 32.3 Å². The fourth-order valence-corrected chi connectivity index (χ4v) is 6.61.